The first-order chi connectivity index (χ1) is 5.53. The third-order valence-electron chi connectivity index (χ3n) is 1.66. The lowest BCUT2D eigenvalue weighted by atomic mass is 10.1. The number of carbonyl (C=O) groups excluding carboxylic acids is 1. The Hall–Kier alpha value is -0.840. The van der Waals surface area contributed by atoms with Gasteiger partial charge in [-0.3, -0.25) is 4.79 Å². The fourth-order valence-electron chi connectivity index (χ4n) is 1.06. The van der Waals surface area contributed by atoms with E-state index in [0.29, 0.717) is 0 Å². The number of methoxy groups -OCH3 is 1. The number of allylic oxidation sites excluding steroid dienone is 1. The zero-order chi connectivity index (χ0) is 9.19. The van der Waals surface area contributed by atoms with Gasteiger partial charge in [0.1, 0.15) is 0 Å². The second-order valence-corrected chi connectivity index (χ2v) is 4.63. The van der Waals surface area contributed by atoms with Crippen LogP contribution in [0.2, 0.25) is 0 Å². The lowest BCUT2D eigenvalue weighted by molar-refractivity contribution is -0.141. The summed E-state index contributed by atoms with van der Waals surface area (Å²) in [5, 5.41) is 1.15. The molecule has 0 N–H and O–H groups in total. The summed E-state index contributed by atoms with van der Waals surface area (Å²) in [6, 6.07) is 0. The van der Waals surface area contributed by atoms with Crippen molar-refractivity contribution in [3.05, 3.63) is 11.5 Å². The van der Waals surface area contributed by atoms with E-state index in [1.54, 1.807) is 0 Å². The first-order valence-electron chi connectivity index (χ1n) is 3.51. The molecule has 4 nitrogen and oxygen atoms in total. The highest BCUT2D eigenvalue weighted by Gasteiger charge is 2.23. The molecule has 68 valence electrons. The van der Waals surface area contributed by atoms with Gasteiger partial charge in [-0.25, -0.2) is 8.42 Å². The predicted octanol–water partition coefficient (Wildman–Crippen LogP) is 0.108. The van der Waals surface area contributed by atoms with Gasteiger partial charge in [-0.2, -0.15) is 0 Å². The number of hydrogen-bond donors (Lipinski definition) is 0. The first-order valence-corrected chi connectivity index (χ1v) is 5.23. The fourth-order valence-corrected chi connectivity index (χ4v) is 2.46. The maximum absolute atomic E-state index is 10.9. The molecule has 1 rings (SSSR count). The van der Waals surface area contributed by atoms with Crippen LogP contribution in [0, 0.1) is 5.92 Å². The van der Waals surface area contributed by atoms with Gasteiger partial charge in [0.25, 0.3) is 0 Å². The summed E-state index contributed by atoms with van der Waals surface area (Å²) in [5.74, 6) is -0.550. The van der Waals surface area contributed by atoms with Gasteiger partial charge in [0.2, 0.25) is 0 Å². The fraction of sp³-hybridized carbons (Fsp3) is 0.571. The molecule has 1 atom stereocenters. The van der Waals surface area contributed by atoms with Gasteiger partial charge in [0, 0.05) is 11.3 Å². The lowest BCUT2D eigenvalue weighted by Crippen LogP contribution is -2.11. The second kappa shape index (κ2) is 3.26. The smallest absolute Gasteiger partial charge is 0.306 e. The van der Waals surface area contributed by atoms with Crippen LogP contribution in [0.25, 0.3) is 0 Å². The third-order valence-corrected chi connectivity index (χ3v) is 3.13. The molecule has 0 aliphatic carbocycles. The Morgan fingerprint density at radius 3 is 2.75 bits per heavy atom. The summed E-state index contributed by atoms with van der Waals surface area (Å²) in [6.07, 6.45) is 1.68. The Labute approximate surface area is 71.1 Å². The van der Waals surface area contributed by atoms with Gasteiger partial charge in [-0.15, -0.1) is 0 Å². The number of esters is 1. The summed E-state index contributed by atoms with van der Waals surface area (Å²) < 4.78 is 26.2. The van der Waals surface area contributed by atoms with Crippen molar-refractivity contribution in [3.63, 3.8) is 0 Å². The van der Waals surface area contributed by atoms with E-state index in [1.165, 1.54) is 13.2 Å². The minimum absolute atomic E-state index is 0.0299. The molecular formula is C7H10O4S. The quantitative estimate of drug-likeness (QED) is 0.580. The van der Waals surface area contributed by atoms with E-state index >= 15 is 0 Å². The van der Waals surface area contributed by atoms with Crippen molar-refractivity contribution in [2.45, 2.75) is 6.42 Å². The Kier molecular flexibility index (Phi) is 2.52. The molecule has 0 saturated carbocycles. The van der Waals surface area contributed by atoms with E-state index in [0.717, 1.165) is 5.41 Å². The molecule has 0 aromatic rings. The standard InChI is InChI=1S/C7H10O4S/c1-11-7(8)4-6-2-3-12(9,10)5-6/h2-3,6H,4-5H2,1H3. The van der Waals surface area contributed by atoms with Crippen LogP contribution in [0.1, 0.15) is 6.42 Å². The maximum atomic E-state index is 10.9. The normalized spacial score (nSPS) is 25.6. The Bertz CT molecular complexity index is 301. The molecule has 5 heteroatoms. The van der Waals surface area contributed by atoms with Crippen LogP contribution < -0.4 is 0 Å². The van der Waals surface area contributed by atoms with Crippen LogP contribution in [-0.2, 0) is 19.4 Å². The molecule has 0 spiro atoms. The molecule has 0 saturated heterocycles. The maximum Gasteiger partial charge on any atom is 0.306 e. The summed E-state index contributed by atoms with van der Waals surface area (Å²) in [7, 11) is -1.75. The third kappa shape index (κ3) is 2.34. The molecule has 1 aliphatic heterocycles. The highest BCUT2D eigenvalue weighted by molar-refractivity contribution is 7.94. The van der Waals surface area contributed by atoms with Crippen molar-refractivity contribution in [1.82, 2.24) is 0 Å². The van der Waals surface area contributed by atoms with Crippen molar-refractivity contribution in [1.29, 1.82) is 0 Å². The van der Waals surface area contributed by atoms with Crippen LogP contribution >= 0.6 is 0 Å². The molecule has 0 aromatic heterocycles. The lowest BCUT2D eigenvalue weighted by Gasteiger charge is -2.03. The molecule has 0 fully saturated rings. The van der Waals surface area contributed by atoms with E-state index in [2.05, 4.69) is 4.74 Å². The number of ether oxygens (including phenoxy) is 1. The van der Waals surface area contributed by atoms with Gasteiger partial charge >= 0.3 is 5.97 Å². The van der Waals surface area contributed by atoms with Crippen LogP contribution in [-0.4, -0.2) is 27.2 Å². The zero-order valence-electron chi connectivity index (χ0n) is 6.69. The van der Waals surface area contributed by atoms with E-state index in [9.17, 15) is 13.2 Å². The van der Waals surface area contributed by atoms with Gasteiger partial charge in [0.05, 0.1) is 19.3 Å². The first kappa shape index (κ1) is 9.25. The Morgan fingerprint density at radius 2 is 2.33 bits per heavy atom. The van der Waals surface area contributed by atoms with E-state index in [-0.39, 0.29) is 24.1 Å². The number of hydrogen-bond acceptors (Lipinski definition) is 4. The van der Waals surface area contributed by atoms with Crippen LogP contribution in [0.5, 0.6) is 0 Å². The molecule has 12 heavy (non-hydrogen) atoms. The van der Waals surface area contributed by atoms with Crippen LogP contribution in [0.3, 0.4) is 0 Å². The average Bonchev–Trinajstić information content (AvgIpc) is 2.30. The van der Waals surface area contributed by atoms with Gasteiger partial charge in [-0.1, -0.05) is 6.08 Å². The Balaban J connectivity index is 2.51. The molecule has 0 bridgehead atoms. The summed E-state index contributed by atoms with van der Waals surface area (Å²) in [6.45, 7) is 0. The Morgan fingerprint density at radius 1 is 1.67 bits per heavy atom. The second-order valence-electron chi connectivity index (χ2n) is 2.70. The minimum atomic E-state index is -3.04. The van der Waals surface area contributed by atoms with Crippen molar-refractivity contribution in [3.8, 4) is 0 Å². The molecule has 1 aliphatic rings. The van der Waals surface area contributed by atoms with Crippen LogP contribution in [0.4, 0.5) is 0 Å². The van der Waals surface area contributed by atoms with Gasteiger partial charge < -0.3 is 4.74 Å². The number of sulfone groups is 1. The van der Waals surface area contributed by atoms with Gasteiger partial charge in [0.15, 0.2) is 9.84 Å². The molecule has 0 amide bonds. The highest BCUT2D eigenvalue weighted by atomic mass is 32.2. The largest absolute Gasteiger partial charge is 0.469 e. The average molecular weight is 190 g/mol. The van der Waals surface area contributed by atoms with Crippen LogP contribution in [0.15, 0.2) is 11.5 Å². The van der Waals surface area contributed by atoms with E-state index < -0.39 is 9.84 Å². The topological polar surface area (TPSA) is 60.4 Å². The van der Waals surface area contributed by atoms with Gasteiger partial charge in [-0.05, 0) is 0 Å². The molecular weight excluding hydrogens is 180 g/mol. The highest BCUT2D eigenvalue weighted by Crippen LogP contribution is 2.18. The van der Waals surface area contributed by atoms with E-state index in [1.807, 2.05) is 0 Å². The van der Waals surface area contributed by atoms with Crippen molar-refractivity contribution in [2.75, 3.05) is 12.9 Å². The SMILES string of the molecule is COC(=O)CC1C=CS(=O)(=O)C1. The summed E-state index contributed by atoms with van der Waals surface area (Å²) in [4.78, 5) is 10.7. The zero-order valence-corrected chi connectivity index (χ0v) is 7.50. The summed E-state index contributed by atoms with van der Waals surface area (Å²) >= 11 is 0. The molecule has 0 radical (unpaired) electrons. The van der Waals surface area contributed by atoms with Crippen molar-refractivity contribution in [2.24, 2.45) is 5.92 Å². The molecule has 1 unspecified atom stereocenters. The predicted molar refractivity (Wildman–Crippen MR) is 43.0 cm³/mol. The van der Waals surface area contributed by atoms with Crippen molar-refractivity contribution < 1.29 is 17.9 Å². The molecule has 1 heterocycles. The minimum Gasteiger partial charge on any atom is -0.469 e. The molecule has 0 aromatic carbocycles. The van der Waals surface area contributed by atoms with Crippen molar-refractivity contribution >= 4 is 15.8 Å². The number of rotatable bonds is 2. The summed E-state index contributed by atoms with van der Waals surface area (Å²) in [5.41, 5.74) is 0. The monoisotopic (exact) mass is 190 g/mol. The number of carbonyl (C=O) groups is 1. The van der Waals surface area contributed by atoms with E-state index in [4.69, 9.17) is 0 Å².